The highest BCUT2D eigenvalue weighted by Crippen LogP contribution is 2.35. The molecule has 2 aromatic rings. The molecular weight excluding hydrogens is 484 g/mol. The van der Waals surface area contributed by atoms with Gasteiger partial charge in [-0.05, 0) is 48.4 Å². The van der Waals surface area contributed by atoms with E-state index in [1.165, 1.54) is 0 Å². The number of benzene rings is 1. The third kappa shape index (κ3) is 6.00. The van der Waals surface area contributed by atoms with Crippen molar-refractivity contribution in [1.82, 2.24) is 20.1 Å². The van der Waals surface area contributed by atoms with E-state index in [1.54, 1.807) is 23.2 Å². The van der Waals surface area contributed by atoms with Gasteiger partial charge in [0.05, 0.1) is 12.7 Å². The molecule has 0 saturated carbocycles. The molecule has 9 nitrogen and oxygen atoms in total. The van der Waals surface area contributed by atoms with Crippen LogP contribution in [0.5, 0.6) is 11.6 Å². The van der Waals surface area contributed by atoms with Crippen molar-refractivity contribution in [3.05, 3.63) is 53.7 Å². The second-order valence-corrected chi connectivity index (χ2v) is 10.7. The lowest BCUT2D eigenvalue weighted by Gasteiger charge is -2.52. The lowest BCUT2D eigenvalue weighted by atomic mass is 9.80. The van der Waals surface area contributed by atoms with E-state index in [0.29, 0.717) is 50.7 Å². The second kappa shape index (κ2) is 12.2. The third-order valence-corrected chi connectivity index (χ3v) is 7.73. The van der Waals surface area contributed by atoms with Crippen LogP contribution in [0.15, 0.2) is 42.6 Å². The van der Waals surface area contributed by atoms with Gasteiger partial charge in [0.25, 0.3) is 0 Å². The van der Waals surface area contributed by atoms with Crippen LogP contribution < -0.4 is 10.1 Å². The van der Waals surface area contributed by atoms with Gasteiger partial charge in [-0.3, -0.25) is 14.5 Å². The molecule has 9 heteroatoms. The van der Waals surface area contributed by atoms with E-state index in [1.807, 2.05) is 38.1 Å². The number of aliphatic hydroxyl groups is 2. The molecule has 1 aromatic carbocycles. The number of aromatic nitrogens is 1. The van der Waals surface area contributed by atoms with E-state index in [0.717, 1.165) is 24.0 Å². The Morgan fingerprint density at radius 2 is 1.79 bits per heavy atom. The van der Waals surface area contributed by atoms with Gasteiger partial charge in [0, 0.05) is 38.4 Å². The summed E-state index contributed by atoms with van der Waals surface area (Å²) in [5.74, 6) is 0.696. The minimum absolute atomic E-state index is 0.00955. The van der Waals surface area contributed by atoms with Gasteiger partial charge >= 0.3 is 0 Å². The molecule has 2 fully saturated rings. The lowest BCUT2D eigenvalue weighted by molar-refractivity contribution is -0.165. The van der Waals surface area contributed by atoms with Gasteiger partial charge in [-0.2, -0.15) is 0 Å². The SMILES string of the molecule is CCCCN1C(=O)[C@@H]([C@H](O)C(C)C)NC(=O)C12CCN(Cc1ccc(Oc3ccc(CO)cc3)nc1)CC2. The molecule has 2 saturated heterocycles. The van der Waals surface area contributed by atoms with Crippen molar-refractivity contribution in [2.24, 2.45) is 5.92 Å². The summed E-state index contributed by atoms with van der Waals surface area (Å²) in [5, 5.41) is 22.7. The molecule has 4 rings (SSSR count). The van der Waals surface area contributed by atoms with E-state index in [2.05, 4.69) is 22.1 Å². The number of aliphatic hydroxyl groups excluding tert-OH is 2. The lowest BCUT2D eigenvalue weighted by Crippen LogP contribution is -2.74. The summed E-state index contributed by atoms with van der Waals surface area (Å²) in [7, 11) is 0. The summed E-state index contributed by atoms with van der Waals surface area (Å²) in [6, 6.07) is 10.1. The van der Waals surface area contributed by atoms with Gasteiger partial charge in [0.1, 0.15) is 17.3 Å². The molecule has 2 aliphatic rings. The summed E-state index contributed by atoms with van der Waals surface area (Å²) in [6.45, 7) is 8.34. The Hall–Kier alpha value is -3.01. The number of pyridine rings is 1. The highest BCUT2D eigenvalue weighted by Gasteiger charge is 2.54. The molecule has 2 amide bonds. The minimum atomic E-state index is -0.910. The molecule has 206 valence electrons. The highest BCUT2D eigenvalue weighted by atomic mass is 16.5. The van der Waals surface area contributed by atoms with Gasteiger partial charge in [0.2, 0.25) is 17.7 Å². The molecule has 1 aromatic heterocycles. The summed E-state index contributed by atoms with van der Waals surface area (Å²) in [4.78, 5) is 35.4. The monoisotopic (exact) mass is 524 g/mol. The van der Waals surface area contributed by atoms with Crippen LogP contribution in [0.25, 0.3) is 0 Å². The molecule has 0 aliphatic carbocycles. The number of piperazine rings is 1. The number of piperidine rings is 1. The average molecular weight is 525 g/mol. The Bertz CT molecular complexity index is 1080. The molecule has 2 aliphatic heterocycles. The second-order valence-electron chi connectivity index (χ2n) is 10.7. The van der Waals surface area contributed by atoms with Gasteiger partial charge in [-0.15, -0.1) is 0 Å². The maximum absolute atomic E-state index is 13.5. The van der Waals surface area contributed by atoms with Crippen molar-refractivity contribution in [3.8, 4) is 11.6 Å². The fraction of sp³-hybridized carbons (Fsp3) is 0.552. The standard InChI is InChI=1S/C29H40N4O5/c1-4-5-14-33-27(36)25(26(35)20(2)3)31-28(37)29(33)12-15-32(16-13-29)18-22-8-11-24(30-17-22)38-23-9-6-21(19-34)7-10-23/h6-11,17,20,25-26,34-35H,4-5,12-16,18-19H2,1-3H3,(H,31,37)/t25-,26-/m1/s1. The largest absolute Gasteiger partial charge is 0.439 e. The van der Waals surface area contributed by atoms with E-state index in [4.69, 9.17) is 4.74 Å². The van der Waals surface area contributed by atoms with Crippen molar-refractivity contribution in [2.45, 2.75) is 77.3 Å². The van der Waals surface area contributed by atoms with Crippen molar-refractivity contribution >= 4 is 11.8 Å². The summed E-state index contributed by atoms with van der Waals surface area (Å²) in [6.07, 6.45) is 3.73. The molecule has 3 N–H and O–H groups in total. The fourth-order valence-corrected chi connectivity index (χ4v) is 5.28. The Balaban J connectivity index is 1.38. The van der Waals surface area contributed by atoms with Crippen molar-refractivity contribution in [1.29, 1.82) is 0 Å². The molecule has 0 bridgehead atoms. The number of carbonyl (C=O) groups is 2. The number of rotatable bonds is 10. The number of nitrogens with zero attached hydrogens (tertiary/aromatic N) is 3. The van der Waals surface area contributed by atoms with Crippen molar-refractivity contribution in [3.63, 3.8) is 0 Å². The Kier molecular flexibility index (Phi) is 9.02. The minimum Gasteiger partial charge on any atom is -0.439 e. The van der Waals surface area contributed by atoms with Crippen LogP contribution >= 0.6 is 0 Å². The molecule has 38 heavy (non-hydrogen) atoms. The quantitative estimate of drug-likeness (QED) is 0.438. The smallest absolute Gasteiger partial charge is 0.248 e. The van der Waals surface area contributed by atoms with Crippen LogP contribution in [-0.4, -0.2) is 74.1 Å². The van der Waals surface area contributed by atoms with Crippen LogP contribution in [-0.2, 0) is 22.7 Å². The van der Waals surface area contributed by atoms with Gasteiger partial charge in [-0.1, -0.05) is 45.4 Å². The molecule has 2 atom stereocenters. The van der Waals surface area contributed by atoms with Crippen LogP contribution in [0.3, 0.4) is 0 Å². The topological polar surface area (TPSA) is 115 Å². The molecular formula is C29H40N4O5. The number of unbranched alkanes of at least 4 members (excludes halogenated alkanes) is 1. The zero-order chi connectivity index (χ0) is 27.3. The zero-order valence-electron chi connectivity index (χ0n) is 22.6. The van der Waals surface area contributed by atoms with Crippen LogP contribution in [0.1, 0.15) is 57.6 Å². The predicted molar refractivity (Wildman–Crippen MR) is 143 cm³/mol. The first-order chi connectivity index (χ1) is 18.3. The third-order valence-electron chi connectivity index (χ3n) is 7.73. The summed E-state index contributed by atoms with van der Waals surface area (Å²) < 4.78 is 5.80. The Morgan fingerprint density at radius 1 is 1.11 bits per heavy atom. The molecule has 1 spiro atoms. The van der Waals surface area contributed by atoms with Crippen LogP contribution in [0.4, 0.5) is 0 Å². The Labute approximate surface area is 224 Å². The highest BCUT2D eigenvalue weighted by molar-refractivity contribution is 6.00. The van der Waals surface area contributed by atoms with Gasteiger partial charge in [0.15, 0.2) is 0 Å². The van der Waals surface area contributed by atoms with Gasteiger partial charge in [-0.25, -0.2) is 4.98 Å². The van der Waals surface area contributed by atoms with E-state index >= 15 is 0 Å². The number of hydrogen-bond acceptors (Lipinski definition) is 7. The average Bonchev–Trinajstić information content (AvgIpc) is 2.93. The number of ether oxygens (including phenoxy) is 1. The number of likely N-dealkylation sites (tertiary alicyclic amines) is 1. The molecule has 3 heterocycles. The van der Waals surface area contributed by atoms with E-state index in [-0.39, 0.29) is 24.3 Å². The summed E-state index contributed by atoms with van der Waals surface area (Å²) in [5.41, 5.74) is 0.994. The fourth-order valence-electron chi connectivity index (χ4n) is 5.28. The molecule has 0 radical (unpaired) electrons. The number of carbonyl (C=O) groups excluding carboxylic acids is 2. The first-order valence-electron chi connectivity index (χ1n) is 13.6. The first-order valence-corrected chi connectivity index (χ1v) is 13.6. The molecule has 0 unspecified atom stereocenters. The maximum Gasteiger partial charge on any atom is 0.248 e. The number of hydrogen-bond donors (Lipinski definition) is 3. The normalized spacial score (nSPS) is 20.6. The predicted octanol–water partition coefficient (Wildman–Crippen LogP) is 2.84. The first kappa shape index (κ1) is 28.0. The van der Waals surface area contributed by atoms with Gasteiger partial charge < -0.3 is 25.2 Å². The summed E-state index contributed by atoms with van der Waals surface area (Å²) >= 11 is 0. The Morgan fingerprint density at radius 3 is 2.37 bits per heavy atom. The van der Waals surface area contributed by atoms with Crippen LogP contribution in [0.2, 0.25) is 0 Å². The number of nitrogens with one attached hydrogen (secondary N) is 1. The number of amides is 2. The van der Waals surface area contributed by atoms with Crippen LogP contribution in [0, 0.1) is 5.92 Å². The maximum atomic E-state index is 13.5. The van der Waals surface area contributed by atoms with E-state index < -0.39 is 17.7 Å². The van der Waals surface area contributed by atoms with E-state index in [9.17, 15) is 19.8 Å². The zero-order valence-corrected chi connectivity index (χ0v) is 22.6. The van der Waals surface area contributed by atoms with Crippen molar-refractivity contribution in [2.75, 3.05) is 19.6 Å². The van der Waals surface area contributed by atoms with Crippen molar-refractivity contribution < 1.29 is 24.5 Å².